The van der Waals surface area contributed by atoms with Crippen LogP contribution < -0.4 is 5.73 Å². The Hall–Kier alpha value is -1.41. The van der Waals surface area contributed by atoms with Gasteiger partial charge in [0, 0.05) is 23.0 Å². The minimum Gasteiger partial charge on any atom is -0.397 e. The Balaban J connectivity index is 2.53. The van der Waals surface area contributed by atoms with Gasteiger partial charge in [-0.15, -0.1) is 0 Å². The van der Waals surface area contributed by atoms with Crippen molar-refractivity contribution in [1.82, 2.24) is 4.98 Å². The molecule has 2 nitrogen and oxygen atoms in total. The molecule has 0 amide bonds. The molecule has 1 heterocycles. The Morgan fingerprint density at radius 1 is 1.23 bits per heavy atom. The summed E-state index contributed by atoms with van der Waals surface area (Å²) in [7, 11) is 0. The standard InChI is InChI=1S/C10H9ClN2/c11-8-3-1-2-7(4-8)9-5-13-6-10(9)12/h1-6,13H,12H2. The van der Waals surface area contributed by atoms with Crippen LogP contribution in [0.1, 0.15) is 0 Å². The van der Waals surface area contributed by atoms with Gasteiger partial charge in [0.05, 0.1) is 5.69 Å². The summed E-state index contributed by atoms with van der Waals surface area (Å²) in [6.07, 6.45) is 3.62. The van der Waals surface area contributed by atoms with E-state index in [0.29, 0.717) is 0 Å². The molecule has 3 heteroatoms. The number of aromatic nitrogens is 1. The number of benzene rings is 1. The van der Waals surface area contributed by atoms with Gasteiger partial charge in [-0.25, -0.2) is 0 Å². The summed E-state index contributed by atoms with van der Waals surface area (Å²) in [6.45, 7) is 0. The van der Waals surface area contributed by atoms with Crippen LogP contribution in [0.15, 0.2) is 36.7 Å². The highest BCUT2D eigenvalue weighted by Crippen LogP contribution is 2.26. The van der Waals surface area contributed by atoms with E-state index in [0.717, 1.165) is 21.8 Å². The van der Waals surface area contributed by atoms with Gasteiger partial charge in [-0.2, -0.15) is 0 Å². The minimum atomic E-state index is 0.720. The van der Waals surface area contributed by atoms with Crippen LogP contribution in [0.4, 0.5) is 5.69 Å². The second-order valence-electron chi connectivity index (χ2n) is 2.83. The molecule has 66 valence electrons. The lowest BCUT2D eigenvalue weighted by atomic mass is 10.1. The maximum atomic E-state index is 5.86. The molecule has 0 bridgehead atoms. The van der Waals surface area contributed by atoms with Crippen molar-refractivity contribution in [3.8, 4) is 11.1 Å². The molecule has 2 aromatic rings. The Bertz CT molecular complexity index is 420. The molecule has 13 heavy (non-hydrogen) atoms. The van der Waals surface area contributed by atoms with Crippen molar-refractivity contribution >= 4 is 17.3 Å². The van der Waals surface area contributed by atoms with Gasteiger partial charge in [0.25, 0.3) is 0 Å². The van der Waals surface area contributed by atoms with Gasteiger partial charge in [0.2, 0.25) is 0 Å². The number of halogens is 1. The molecule has 0 fully saturated rings. The SMILES string of the molecule is Nc1c[nH]cc1-c1cccc(Cl)c1. The first-order valence-corrected chi connectivity index (χ1v) is 4.33. The molecule has 0 aliphatic heterocycles. The molecule has 0 spiro atoms. The van der Waals surface area contributed by atoms with Gasteiger partial charge in [0.15, 0.2) is 0 Å². The van der Waals surface area contributed by atoms with E-state index in [2.05, 4.69) is 4.98 Å². The molecular formula is C10H9ClN2. The molecule has 0 aliphatic rings. The molecule has 2 rings (SSSR count). The Kier molecular flexibility index (Phi) is 1.99. The van der Waals surface area contributed by atoms with E-state index < -0.39 is 0 Å². The fraction of sp³-hybridized carbons (Fsp3) is 0. The van der Waals surface area contributed by atoms with Crippen molar-refractivity contribution in [2.45, 2.75) is 0 Å². The molecular weight excluding hydrogens is 184 g/mol. The number of nitrogens with one attached hydrogen (secondary N) is 1. The maximum absolute atomic E-state index is 5.86. The van der Waals surface area contributed by atoms with E-state index in [1.807, 2.05) is 30.5 Å². The van der Waals surface area contributed by atoms with Crippen molar-refractivity contribution in [2.75, 3.05) is 5.73 Å². The first-order valence-electron chi connectivity index (χ1n) is 3.95. The first-order chi connectivity index (χ1) is 6.27. The third kappa shape index (κ3) is 1.53. The number of hydrogen-bond donors (Lipinski definition) is 2. The Morgan fingerprint density at radius 3 is 2.69 bits per heavy atom. The smallest absolute Gasteiger partial charge is 0.0571 e. The molecule has 1 aromatic heterocycles. The lowest BCUT2D eigenvalue weighted by Crippen LogP contribution is -1.84. The van der Waals surface area contributed by atoms with Gasteiger partial charge in [-0.1, -0.05) is 23.7 Å². The number of rotatable bonds is 1. The normalized spacial score (nSPS) is 10.2. The number of aromatic amines is 1. The number of nitrogens with two attached hydrogens (primary N) is 1. The summed E-state index contributed by atoms with van der Waals surface area (Å²) in [5.74, 6) is 0. The average Bonchev–Trinajstić information content (AvgIpc) is 2.51. The number of nitrogen functional groups attached to an aromatic ring is 1. The molecule has 0 saturated heterocycles. The predicted molar refractivity (Wildman–Crippen MR) is 55.7 cm³/mol. The highest BCUT2D eigenvalue weighted by molar-refractivity contribution is 6.30. The molecule has 3 N–H and O–H groups in total. The van der Waals surface area contributed by atoms with Gasteiger partial charge in [-0.05, 0) is 17.7 Å². The lowest BCUT2D eigenvalue weighted by molar-refractivity contribution is 1.41. The zero-order valence-corrected chi connectivity index (χ0v) is 7.68. The molecule has 0 aliphatic carbocycles. The van der Waals surface area contributed by atoms with Crippen LogP contribution in [0, 0.1) is 0 Å². The van der Waals surface area contributed by atoms with E-state index in [-0.39, 0.29) is 0 Å². The second kappa shape index (κ2) is 3.15. The van der Waals surface area contributed by atoms with Crippen LogP contribution in [0.3, 0.4) is 0 Å². The van der Waals surface area contributed by atoms with Crippen molar-refractivity contribution in [3.63, 3.8) is 0 Å². The minimum absolute atomic E-state index is 0.720. The summed E-state index contributed by atoms with van der Waals surface area (Å²) in [6, 6.07) is 7.62. The van der Waals surface area contributed by atoms with Crippen molar-refractivity contribution in [2.24, 2.45) is 0 Å². The first kappa shape index (κ1) is 8.20. The van der Waals surface area contributed by atoms with Gasteiger partial charge in [-0.3, -0.25) is 0 Å². The van der Waals surface area contributed by atoms with Gasteiger partial charge in [0.1, 0.15) is 0 Å². The summed E-state index contributed by atoms with van der Waals surface area (Å²) >= 11 is 5.86. The fourth-order valence-electron chi connectivity index (χ4n) is 1.28. The van der Waals surface area contributed by atoms with E-state index in [1.54, 1.807) is 6.20 Å². The predicted octanol–water partition coefficient (Wildman–Crippen LogP) is 2.92. The summed E-state index contributed by atoms with van der Waals surface area (Å²) in [5.41, 5.74) is 8.51. The summed E-state index contributed by atoms with van der Waals surface area (Å²) in [5, 5.41) is 0.720. The van der Waals surface area contributed by atoms with E-state index in [9.17, 15) is 0 Å². The van der Waals surface area contributed by atoms with Gasteiger partial charge >= 0.3 is 0 Å². The Labute approximate surface area is 81.3 Å². The van der Waals surface area contributed by atoms with Crippen LogP contribution in [0.2, 0.25) is 5.02 Å². The van der Waals surface area contributed by atoms with Crippen LogP contribution in [0.25, 0.3) is 11.1 Å². The maximum Gasteiger partial charge on any atom is 0.0571 e. The highest BCUT2D eigenvalue weighted by Gasteiger charge is 2.02. The van der Waals surface area contributed by atoms with Crippen molar-refractivity contribution in [3.05, 3.63) is 41.7 Å². The average molecular weight is 193 g/mol. The van der Waals surface area contributed by atoms with E-state index in [4.69, 9.17) is 17.3 Å². The lowest BCUT2D eigenvalue weighted by Gasteiger charge is -1.99. The third-order valence-electron chi connectivity index (χ3n) is 1.91. The van der Waals surface area contributed by atoms with Crippen LogP contribution in [-0.4, -0.2) is 4.98 Å². The fourth-order valence-corrected chi connectivity index (χ4v) is 1.47. The zero-order valence-electron chi connectivity index (χ0n) is 6.92. The Morgan fingerprint density at radius 2 is 2.08 bits per heavy atom. The molecule has 0 atom stereocenters. The van der Waals surface area contributed by atoms with Gasteiger partial charge < -0.3 is 10.7 Å². The second-order valence-corrected chi connectivity index (χ2v) is 3.27. The highest BCUT2D eigenvalue weighted by atomic mass is 35.5. The van der Waals surface area contributed by atoms with Crippen LogP contribution in [-0.2, 0) is 0 Å². The van der Waals surface area contributed by atoms with Crippen LogP contribution in [0.5, 0.6) is 0 Å². The molecule has 0 radical (unpaired) electrons. The molecule has 0 saturated carbocycles. The molecule has 1 aromatic carbocycles. The summed E-state index contributed by atoms with van der Waals surface area (Å²) < 4.78 is 0. The monoisotopic (exact) mass is 192 g/mol. The van der Waals surface area contributed by atoms with Crippen molar-refractivity contribution in [1.29, 1.82) is 0 Å². The third-order valence-corrected chi connectivity index (χ3v) is 2.15. The number of H-pyrrole nitrogens is 1. The van der Waals surface area contributed by atoms with Crippen LogP contribution >= 0.6 is 11.6 Å². The van der Waals surface area contributed by atoms with Crippen molar-refractivity contribution < 1.29 is 0 Å². The number of anilines is 1. The van der Waals surface area contributed by atoms with E-state index >= 15 is 0 Å². The summed E-state index contributed by atoms with van der Waals surface area (Å²) in [4.78, 5) is 2.95. The largest absolute Gasteiger partial charge is 0.397 e. The number of hydrogen-bond acceptors (Lipinski definition) is 1. The quantitative estimate of drug-likeness (QED) is 0.717. The zero-order chi connectivity index (χ0) is 9.26. The molecule has 0 unspecified atom stereocenters. The van der Waals surface area contributed by atoms with E-state index in [1.165, 1.54) is 0 Å². The topological polar surface area (TPSA) is 41.8 Å².